The van der Waals surface area contributed by atoms with Gasteiger partial charge in [-0.25, -0.2) is 4.79 Å². The van der Waals surface area contributed by atoms with E-state index in [9.17, 15) is 9.59 Å². The van der Waals surface area contributed by atoms with Crippen molar-refractivity contribution in [2.75, 3.05) is 12.9 Å². The lowest BCUT2D eigenvalue weighted by Crippen LogP contribution is -2.05. The molecule has 1 aromatic carbocycles. The van der Waals surface area contributed by atoms with Gasteiger partial charge in [0, 0.05) is 6.42 Å². The van der Waals surface area contributed by atoms with Crippen LogP contribution in [0.15, 0.2) is 30.3 Å². The summed E-state index contributed by atoms with van der Waals surface area (Å²) in [6.07, 6.45) is 1.19. The smallest absolute Gasteiger partial charge is 0.367 e. The first-order valence-electron chi connectivity index (χ1n) is 4.98. The summed E-state index contributed by atoms with van der Waals surface area (Å²) in [5.41, 5.74) is 1.14. The molecule has 0 bridgehead atoms. The molecule has 16 heavy (non-hydrogen) atoms. The Morgan fingerprint density at radius 1 is 1.25 bits per heavy atom. The lowest BCUT2D eigenvalue weighted by molar-refractivity contribution is -0.116. The molecule has 0 aliphatic heterocycles. The Hall–Kier alpha value is -1.29. The predicted molar refractivity (Wildman–Crippen MR) is 64.6 cm³/mol. The molecule has 0 N–H and O–H groups in total. The molecule has 0 unspecified atom stereocenters. The van der Waals surface area contributed by atoms with E-state index in [0.717, 1.165) is 23.7 Å². The van der Waals surface area contributed by atoms with Gasteiger partial charge in [-0.05, 0) is 23.7 Å². The van der Waals surface area contributed by atoms with E-state index in [1.54, 1.807) is 0 Å². The van der Waals surface area contributed by atoms with Gasteiger partial charge < -0.3 is 4.74 Å². The summed E-state index contributed by atoms with van der Waals surface area (Å²) >= 11 is 0.909. The second-order valence-corrected chi connectivity index (χ2v) is 4.18. The van der Waals surface area contributed by atoms with Crippen LogP contribution in [0.1, 0.15) is 12.0 Å². The molecule has 0 aliphatic rings. The van der Waals surface area contributed by atoms with Crippen LogP contribution in [0.4, 0.5) is 4.79 Å². The van der Waals surface area contributed by atoms with Crippen molar-refractivity contribution in [3.8, 4) is 0 Å². The van der Waals surface area contributed by atoms with E-state index in [2.05, 4.69) is 4.74 Å². The molecule has 0 spiro atoms. The summed E-state index contributed by atoms with van der Waals surface area (Å²) in [6.45, 7) is 0. The van der Waals surface area contributed by atoms with Crippen LogP contribution in [0.2, 0.25) is 0 Å². The fourth-order valence-electron chi connectivity index (χ4n) is 1.20. The number of hydrogen-bond acceptors (Lipinski definition) is 4. The largest absolute Gasteiger partial charge is 0.461 e. The molecule has 3 nitrogen and oxygen atoms in total. The number of Topliss-reactive ketones (excluding diaryl/α,β-unsaturated/α-hetero) is 1. The molecular formula is C12H14O3S. The van der Waals surface area contributed by atoms with Crippen LogP contribution in [-0.4, -0.2) is 23.9 Å². The number of benzene rings is 1. The molecule has 1 aromatic rings. The van der Waals surface area contributed by atoms with Gasteiger partial charge in [0.05, 0.1) is 12.9 Å². The number of hydrogen-bond donors (Lipinski definition) is 0. The van der Waals surface area contributed by atoms with Crippen molar-refractivity contribution in [2.45, 2.75) is 12.8 Å². The molecule has 0 atom stereocenters. The van der Waals surface area contributed by atoms with Crippen molar-refractivity contribution in [1.82, 2.24) is 0 Å². The Morgan fingerprint density at radius 2 is 1.94 bits per heavy atom. The molecule has 0 aliphatic carbocycles. The average Bonchev–Trinajstić information content (AvgIpc) is 2.34. The molecule has 0 saturated carbocycles. The molecule has 0 amide bonds. The normalized spacial score (nSPS) is 9.81. The number of carbonyl (C=O) groups excluding carboxylic acids is 2. The van der Waals surface area contributed by atoms with Gasteiger partial charge in [0.15, 0.2) is 0 Å². The Balaban J connectivity index is 2.23. The van der Waals surface area contributed by atoms with Crippen LogP contribution >= 0.6 is 11.8 Å². The Kier molecular flexibility index (Phi) is 5.64. The van der Waals surface area contributed by atoms with E-state index in [1.165, 1.54) is 7.11 Å². The zero-order chi connectivity index (χ0) is 11.8. The van der Waals surface area contributed by atoms with Crippen molar-refractivity contribution in [1.29, 1.82) is 0 Å². The number of aryl methyl sites for hydroxylation is 1. The zero-order valence-electron chi connectivity index (χ0n) is 9.14. The molecule has 0 heterocycles. The number of thioether (sulfide) groups is 1. The summed E-state index contributed by atoms with van der Waals surface area (Å²) in [5.74, 6) is 0.263. The number of rotatable bonds is 5. The lowest BCUT2D eigenvalue weighted by atomic mass is 10.1. The van der Waals surface area contributed by atoms with Gasteiger partial charge in [0.1, 0.15) is 5.78 Å². The maximum atomic E-state index is 11.4. The minimum absolute atomic E-state index is 0.0688. The minimum atomic E-state index is -0.409. The number of methoxy groups -OCH3 is 1. The highest BCUT2D eigenvalue weighted by Gasteiger charge is 2.07. The van der Waals surface area contributed by atoms with Gasteiger partial charge in [0.25, 0.3) is 0 Å². The van der Waals surface area contributed by atoms with Gasteiger partial charge in [-0.3, -0.25) is 4.79 Å². The van der Waals surface area contributed by atoms with Crippen molar-refractivity contribution >= 4 is 22.8 Å². The summed E-state index contributed by atoms with van der Waals surface area (Å²) in [6, 6.07) is 9.81. The monoisotopic (exact) mass is 238 g/mol. The fourth-order valence-corrected chi connectivity index (χ4v) is 1.74. The predicted octanol–water partition coefficient (Wildman–Crippen LogP) is 2.69. The first-order chi connectivity index (χ1) is 7.72. The van der Waals surface area contributed by atoms with Crippen LogP contribution in [-0.2, 0) is 16.0 Å². The topological polar surface area (TPSA) is 43.4 Å². The highest BCUT2D eigenvalue weighted by atomic mass is 32.2. The molecule has 0 aromatic heterocycles. The second kappa shape index (κ2) is 7.06. The third-order valence-electron chi connectivity index (χ3n) is 2.05. The van der Waals surface area contributed by atoms with Crippen molar-refractivity contribution in [3.63, 3.8) is 0 Å². The molecule has 4 heteroatoms. The first-order valence-corrected chi connectivity index (χ1v) is 5.97. The molecule has 1 rings (SSSR count). The maximum Gasteiger partial charge on any atom is 0.367 e. The van der Waals surface area contributed by atoms with Crippen LogP contribution < -0.4 is 0 Å². The van der Waals surface area contributed by atoms with Crippen LogP contribution in [0.5, 0.6) is 0 Å². The van der Waals surface area contributed by atoms with E-state index >= 15 is 0 Å². The SMILES string of the molecule is COC(=O)SCC(=O)CCc1ccccc1. The van der Waals surface area contributed by atoms with E-state index in [-0.39, 0.29) is 11.5 Å². The third-order valence-corrected chi connectivity index (χ3v) is 2.92. The standard InChI is InChI=1S/C12H14O3S/c1-15-12(14)16-9-11(13)8-7-10-5-3-2-4-6-10/h2-6H,7-9H2,1H3. The minimum Gasteiger partial charge on any atom is -0.461 e. The lowest BCUT2D eigenvalue weighted by Gasteiger charge is -2.00. The highest BCUT2D eigenvalue weighted by molar-refractivity contribution is 8.13. The van der Waals surface area contributed by atoms with Crippen LogP contribution in [0, 0.1) is 0 Å². The molecular weight excluding hydrogens is 224 g/mol. The van der Waals surface area contributed by atoms with E-state index in [1.807, 2.05) is 30.3 Å². The fraction of sp³-hybridized carbons (Fsp3) is 0.333. The van der Waals surface area contributed by atoms with E-state index in [4.69, 9.17) is 0 Å². The van der Waals surface area contributed by atoms with Gasteiger partial charge in [-0.1, -0.05) is 30.3 Å². The molecule has 0 fully saturated rings. The van der Waals surface area contributed by atoms with Gasteiger partial charge in [0.2, 0.25) is 0 Å². The van der Waals surface area contributed by atoms with Gasteiger partial charge >= 0.3 is 5.30 Å². The maximum absolute atomic E-state index is 11.4. The summed E-state index contributed by atoms with van der Waals surface area (Å²) < 4.78 is 4.44. The van der Waals surface area contributed by atoms with Gasteiger partial charge in [-0.2, -0.15) is 0 Å². The Bertz CT molecular complexity index is 349. The van der Waals surface area contributed by atoms with Crippen molar-refractivity contribution < 1.29 is 14.3 Å². The van der Waals surface area contributed by atoms with E-state index < -0.39 is 5.30 Å². The highest BCUT2D eigenvalue weighted by Crippen LogP contribution is 2.08. The first kappa shape index (κ1) is 12.8. The van der Waals surface area contributed by atoms with E-state index in [0.29, 0.717) is 6.42 Å². The summed E-state index contributed by atoms with van der Waals surface area (Å²) in [4.78, 5) is 22.2. The Labute approximate surface area is 99.2 Å². The van der Waals surface area contributed by atoms with Crippen molar-refractivity contribution in [3.05, 3.63) is 35.9 Å². The van der Waals surface area contributed by atoms with Crippen LogP contribution in [0.3, 0.4) is 0 Å². The number of carbonyl (C=O) groups is 2. The number of ether oxygens (including phenoxy) is 1. The quantitative estimate of drug-likeness (QED) is 0.740. The second-order valence-electron chi connectivity index (χ2n) is 3.27. The van der Waals surface area contributed by atoms with Crippen molar-refractivity contribution in [2.24, 2.45) is 0 Å². The molecule has 86 valence electrons. The molecule has 0 radical (unpaired) electrons. The molecule has 0 saturated heterocycles. The summed E-state index contributed by atoms with van der Waals surface area (Å²) in [5, 5.41) is -0.409. The third kappa shape index (κ3) is 4.98. The van der Waals surface area contributed by atoms with Crippen LogP contribution in [0.25, 0.3) is 0 Å². The summed E-state index contributed by atoms with van der Waals surface area (Å²) in [7, 11) is 1.31. The average molecular weight is 238 g/mol. The number of ketones is 1. The Morgan fingerprint density at radius 3 is 2.56 bits per heavy atom. The zero-order valence-corrected chi connectivity index (χ0v) is 9.96. The van der Waals surface area contributed by atoms with Gasteiger partial charge in [-0.15, -0.1) is 0 Å².